The third-order valence-electron chi connectivity index (χ3n) is 6.59. The van der Waals surface area contributed by atoms with Crippen molar-refractivity contribution < 1.29 is 14.3 Å². The Hall–Kier alpha value is -2.36. The van der Waals surface area contributed by atoms with Gasteiger partial charge in [-0.1, -0.05) is 35.8 Å². The molecule has 0 N–H and O–H groups in total. The number of allylic oxidation sites excluding steroid dienone is 4. The third-order valence-corrected chi connectivity index (χ3v) is 6.59. The molecule has 2 saturated carbocycles. The second-order valence-electron chi connectivity index (χ2n) is 7.82. The molecule has 0 aromatic heterocycles. The van der Waals surface area contributed by atoms with Crippen LogP contribution >= 0.6 is 0 Å². The van der Waals surface area contributed by atoms with Crippen LogP contribution in [-0.4, -0.2) is 18.9 Å². The molecule has 4 heteroatoms. The molecule has 1 heterocycles. The standard InChI is InChI=1S/C22H23NO3/c1-26-15-9-5-8-14(12-15)23-21(24)19-16-10-11-17(20(19)22(23)25)18(16)13-6-3-2-4-7-13/h5,8-12,16-17,19-20H,2-4,6-7H2,1H3/t16?,17?,19-,20?/m0/s1. The molecule has 3 aliphatic carbocycles. The van der Waals surface area contributed by atoms with Gasteiger partial charge in [0.05, 0.1) is 24.6 Å². The molecule has 0 spiro atoms. The minimum atomic E-state index is -0.215. The molecule has 1 saturated heterocycles. The zero-order valence-corrected chi connectivity index (χ0v) is 15.0. The van der Waals surface area contributed by atoms with Gasteiger partial charge in [-0.25, -0.2) is 4.90 Å². The lowest BCUT2D eigenvalue weighted by Crippen LogP contribution is -2.33. The van der Waals surface area contributed by atoms with E-state index in [4.69, 9.17) is 4.74 Å². The fraction of sp³-hybridized carbons (Fsp3) is 0.455. The topological polar surface area (TPSA) is 46.6 Å². The van der Waals surface area contributed by atoms with E-state index in [0.717, 1.165) is 12.8 Å². The van der Waals surface area contributed by atoms with Crippen molar-refractivity contribution in [2.45, 2.75) is 32.1 Å². The van der Waals surface area contributed by atoms with Crippen LogP contribution in [0.3, 0.4) is 0 Å². The summed E-state index contributed by atoms with van der Waals surface area (Å²) >= 11 is 0. The quantitative estimate of drug-likeness (QED) is 0.601. The van der Waals surface area contributed by atoms with Gasteiger partial charge in [-0.2, -0.15) is 0 Å². The molecule has 1 aliphatic heterocycles. The summed E-state index contributed by atoms with van der Waals surface area (Å²) in [6, 6.07) is 7.24. The van der Waals surface area contributed by atoms with Crippen molar-refractivity contribution in [2.75, 3.05) is 12.0 Å². The van der Waals surface area contributed by atoms with Crippen molar-refractivity contribution in [3.63, 3.8) is 0 Å². The number of methoxy groups -OCH3 is 1. The molecule has 4 nitrogen and oxygen atoms in total. The summed E-state index contributed by atoms with van der Waals surface area (Å²) in [5.41, 5.74) is 3.56. The van der Waals surface area contributed by atoms with Crippen LogP contribution < -0.4 is 9.64 Å². The molecule has 134 valence electrons. The minimum Gasteiger partial charge on any atom is -0.497 e. The van der Waals surface area contributed by atoms with Gasteiger partial charge in [-0.15, -0.1) is 0 Å². The van der Waals surface area contributed by atoms with Crippen LogP contribution in [0, 0.1) is 23.7 Å². The number of hydrogen-bond donors (Lipinski definition) is 0. The maximum absolute atomic E-state index is 13.2. The molecule has 3 fully saturated rings. The lowest BCUT2D eigenvalue weighted by molar-refractivity contribution is -0.122. The number of benzene rings is 1. The number of anilines is 1. The molecule has 3 unspecified atom stereocenters. The smallest absolute Gasteiger partial charge is 0.238 e. The van der Waals surface area contributed by atoms with E-state index < -0.39 is 0 Å². The van der Waals surface area contributed by atoms with Gasteiger partial charge in [0.25, 0.3) is 0 Å². The van der Waals surface area contributed by atoms with E-state index in [1.165, 1.54) is 35.3 Å². The minimum absolute atomic E-state index is 0.0426. The zero-order chi connectivity index (χ0) is 17.8. The molecule has 0 radical (unpaired) electrons. The number of fused-ring (bicyclic) bond motifs is 5. The normalized spacial score (nSPS) is 32.6. The van der Waals surface area contributed by atoms with Gasteiger partial charge in [0.2, 0.25) is 11.8 Å². The summed E-state index contributed by atoms with van der Waals surface area (Å²) in [7, 11) is 1.59. The fourth-order valence-electron chi connectivity index (χ4n) is 5.51. The van der Waals surface area contributed by atoms with Crippen LogP contribution in [0.1, 0.15) is 32.1 Å². The van der Waals surface area contributed by atoms with Gasteiger partial charge in [-0.3, -0.25) is 9.59 Å². The van der Waals surface area contributed by atoms with Crippen molar-refractivity contribution in [2.24, 2.45) is 23.7 Å². The Morgan fingerprint density at radius 1 is 0.962 bits per heavy atom. The number of carbonyl (C=O) groups excluding carboxylic acids is 2. The average Bonchev–Trinajstić information content (AvgIpc) is 3.32. The predicted octanol–water partition coefficient (Wildman–Crippen LogP) is 3.88. The van der Waals surface area contributed by atoms with E-state index >= 15 is 0 Å². The summed E-state index contributed by atoms with van der Waals surface area (Å²) in [6.45, 7) is 0. The first-order valence-corrected chi connectivity index (χ1v) is 9.62. The highest BCUT2D eigenvalue weighted by Crippen LogP contribution is 2.58. The highest BCUT2D eigenvalue weighted by molar-refractivity contribution is 6.23. The number of hydrogen-bond acceptors (Lipinski definition) is 3. The van der Waals surface area contributed by atoms with Crippen LogP contribution in [0.4, 0.5) is 5.69 Å². The van der Waals surface area contributed by atoms with Crippen molar-refractivity contribution in [3.05, 3.63) is 47.6 Å². The number of carbonyl (C=O) groups is 2. The Morgan fingerprint density at radius 3 is 2.23 bits per heavy atom. The van der Waals surface area contributed by atoms with E-state index in [1.54, 1.807) is 13.2 Å². The van der Waals surface area contributed by atoms with E-state index in [0.29, 0.717) is 11.4 Å². The van der Waals surface area contributed by atoms with Crippen LogP contribution in [0.2, 0.25) is 0 Å². The number of amides is 2. The van der Waals surface area contributed by atoms with Crippen molar-refractivity contribution in [1.29, 1.82) is 0 Å². The Labute approximate surface area is 153 Å². The maximum Gasteiger partial charge on any atom is 0.238 e. The number of imide groups is 1. The highest BCUT2D eigenvalue weighted by Gasteiger charge is 2.62. The van der Waals surface area contributed by atoms with E-state index in [1.807, 2.05) is 18.2 Å². The number of rotatable bonds is 2. The SMILES string of the molecule is COc1cccc(N2C(=O)C3C4C=CC(C4=C4CCCCC4)[C@@H]3C2=O)c1. The number of ether oxygens (including phenoxy) is 1. The maximum atomic E-state index is 13.2. The molecular formula is C22H23NO3. The second kappa shape index (κ2) is 5.83. The first-order chi connectivity index (χ1) is 12.7. The van der Waals surface area contributed by atoms with Crippen molar-refractivity contribution >= 4 is 17.5 Å². The van der Waals surface area contributed by atoms with Gasteiger partial charge in [0.1, 0.15) is 5.75 Å². The van der Waals surface area contributed by atoms with Gasteiger partial charge < -0.3 is 4.74 Å². The summed E-state index contributed by atoms with van der Waals surface area (Å²) in [4.78, 5) is 27.8. The predicted molar refractivity (Wildman–Crippen MR) is 98.7 cm³/mol. The van der Waals surface area contributed by atoms with Crippen LogP contribution in [0.25, 0.3) is 0 Å². The molecular weight excluding hydrogens is 326 g/mol. The van der Waals surface area contributed by atoms with E-state index in [2.05, 4.69) is 12.2 Å². The second-order valence-corrected chi connectivity index (χ2v) is 7.82. The Kier molecular flexibility index (Phi) is 3.56. The van der Waals surface area contributed by atoms with Gasteiger partial charge in [0.15, 0.2) is 0 Å². The monoisotopic (exact) mass is 349 g/mol. The van der Waals surface area contributed by atoms with E-state index in [9.17, 15) is 9.59 Å². The first kappa shape index (κ1) is 15.9. The molecule has 26 heavy (non-hydrogen) atoms. The van der Waals surface area contributed by atoms with Crippen molar-refractivity contribution in [3.8, 4) is 5.75 Å². The summed E-state index contributed by atoms with van der Waals surface area (Å²) in [6.07, 6.45) is 10.4. The first-order valence-electron chi connectivity index (χ1n) is 9.62. The average molecular weight is 349 g/mol. The lowest BCUT2D eigenvalue weighted by atomic mass is 9.85. The molecule has 5 rings (SSSR count). The summed E-state index contributed by atoms with van der Waals surface area (Å²) < 4.78 is 5.26. The number of nitrogens with zero attached hydrogens (tertiary/aromatic N) is 1. The summed E-state index contributed by atoms with van der Waals surface area (Å²) in [5, 5.41) is 0. The van der Waals surface area contributed by atoms with E-state index in [-0.39, 0.29) is 35.5 Å². The lowest BCUT2D eigenvalue weighted by Gasteiger charge is -2.23. The molecule has 4 aliphatic rings. The Bertz CT molecular complexity index is 811. The van der Waals surface area contributed by atoms with Crippen LogP contribution in [0.5, 0.6) is 5.75 Å². The van der Waals surface area contributed by atoms with Crippen LogP contribution in [-0.2, 0) is 9.59 Å². The molecule has 2 amide bonds. The molecule has 1 aromatic carbocycles. The molecule has 4 atom stereocenters. The fourth-order valence-corrected chi connectivity index (χ4v) is 5.51. The van der Waals surface area contributed by atoms with Crippen molar-refractivity contribution in [1.82, 2.24) is 0 Å². The van der Waals surface area contributed by atoms with Crippen LogP contribution in [0.15, 0.2) is 47.6 Å². The molecule has 1 aromatic rings. The summed E-state index contributed by atoms with van der Waals surface area (Å²) in [5.74, 6) is 0.404. The Morgan fingerprint density at radius 2 is 1.62 bits per heavy atom. The Balaban J connectivity index is 1.52. The third kappa shape index (κ3) is 2.08. The molecule has 2 bridgehead atoms. The van der Waals surface area contributed by atoms with Gasteiger partial charge >= 0.3 is 0 Å². The largest absolute Gasteiger partial charge is 0.497 e. The van der Waals surface area contributed by atoms with Gasteiger partial charge in [-0.05, 0) is 37.8 Å². The van der Waals surface area contributed by atoms with Gasteiger partial charge in [0, 0.05) is 17.9 Å². The highest BCUT2D eigenvalue weighted by atomic mass is 16.5. The zero-order valence-electron chi connectivity index (χ0n) is 15.0.